The van der Waals surface area contributed by atoms with Gasteiger partial charge < -0.3 is 14.2 Å². The van der Waals surface area contributed by atoms with Crippen LogP contribution in [0.2, 0.25) is 0 Å². The van der Waals surface area contributed by atoms with E-state index in [1.807, 2.05) is 13.8 Å². The Bertz CT molecular complexity index is 168. The molecule has 1 fully saturated rings. The number of rotatable bonds is 7. The van der Waals surface area contributed by atoms with Crippen LogP contribution in [0.5, 0.6) is 0 Å². The average Bonchev–Trinajstić information content (AvgIpc) is 2.52. The molecule has 0 aromatic heterocycles. The maximum atomic E-state index is 5.70. The van der Waals surface area contributed by atoms with Crippen LogP contribution in [0.4, 0.5) is 0 Å². The zero-order valence-corrected chi connectivity index (χ0v) is 10.3. The van der Waals surface area contributed by atoms with E-state index in [0.29, 0.717) is 0 Å². The van der Waals surface area contributed by atoms with Gasteiger partial charge in [0.25, 0.3) is 0 Å². The Hall–Kier alpha value is -0.120. The second-order valence-corrected chi connectivity index (χ2v) is 4.56. The Morgan fingerprint density at radius 3 is 2.60 bits per heavy atom. The molecule has 0 aliphatic carbocycles. The number of ether oxygens (including phenoxy) is 3. The summed E-state index contributed by atoms with van der Waals surface area (Å²) in [6.45, 7) is 8.57. The van der Waals surface area contributed by atoms with Crippen LogP contribution in [0.25, 0.3) is 0 Å². The van der Waals surface area contributed by atoms with Gasteiger partial charge in [-0.25, -0.2) is 0 Å². The van der Waals surface area contributed by atoms with Crippen molar-refractivity contribution in [3.63, 3.8) is 0 Å². The van der Waals surface area contributed by atoms with Gasteiger partial charge in [-0.3, -0.25) is 0 Å². The molecule has 0 saturated carbocycles. The molecule has 0 unspecified atom stereocenters. The second kappa shape index (κ2) is 6.46. The molecule has 1 saturated heterocycles. The van der Waals surface area contributed by atoms with Gasteiger partial charge in [0.1, 0.15) is 0 Å². The normalized spacial score (nSPS) is 24.6. The molecule has 15 heavy (non-hydrogen) atoms. The van der Waals surface area contributed by atoms with E-state index in [1.54, 1.807) is 0 Å². The smallest absolute Gasteiger partial charge is 0.163 e. The molecule has 0 spiro atoms. The first-order chi connectivity index (χ1) is 7.14. The molecule has 90 valence electrons. The Balaban J connectivity index is 1.93. The highest BCUT2D eigenvalue weighted by molar-refractivity contribution is 4.70. The molecule has 1 aliphatic heterocycles. The molecule has 0 aromatic carbocycles. The van der Waals surface area contributed by atoms with Gasteiger partial charge in [-0.1, -0.05) is 13.3 Å². The van der Waals surface area contributed by atoms with Crippen LogP contribution in [0.3, 0.4) is 0 Å². The quantitative estimate of drug-likeness (QED) is 0.612. The predicted octanol–water partition coefficient (Wildman–Crippen LogP) is 2.73. The second-order valence-electron chi connectivity index (χ2n) is 4.56. The zero-order valence-electron chi connectivity index (χ0n) is 10.3. The lowest BCUT2D eigenvalue weighted by molar-refractivity contribution is -0.139. The summed E-state index contributed by atoms with van der Waals surface area (Å²) < 4.78 is 16.7. The maximum Gasteiger partial charge on any atom is 0.163 e. The van der Waals surface area contributed by atoms with Crippen LogP contribution in [0, 0.1) is 0 Å². The summed E-state index contributed by atoms with van der Waals surface area (Å²) in [4.78, 5) is 0. The van der Waals surface area contributed by atoms with E-state index in [4.69, 9.17) is 14.2 Å². The summed E-state index contributed by atoms with van der Waals surface area (Å²) in [6.07, 6.45) is 4.72. The molecule has 0 aromatic rings. The van der Waals surface area contributed by atoms with E-state index < -0.39 is 0 Å². The van der Waals surface area contributed by atoms with Gasteiger partial charge in [0.15, 0.2) is 5.79 Å². The van der Waals surface area contributed by atoms with Gasteiger partial charge in [0, 0.05) is 13.2 Å². The van der Waals surface area contributed by atoms with Crippen molar-refractivity contribution in [3.8, 4) is 0 Å². The van der Waals surface area contributed by atoms with Crippen molar-refractivity contribution >= 4 is 0 Å². The summed E-state index contributed by atoms with van der Waals surface area (Å²) in [5, 5.41) is 0. The lowest BCUT2D eigenvalue weighted by Crippen LogP contribution is -2.21. The fourth-order valence-electron chi connectivity index (χ4n) is 1.67. The minimum Gasteiger partial charge on any atom is -0.381 e. The molecule has 0 N–H and O–H groups in total. The Morgan fingerprint density at radius 2 is 2.00 bits per heavy atom. The minimum absolute atomic E-state index is 0.259. The van der Waals surface area contributed by atoms with Crippen LogP contribution < -0.4 is 0 Å². The third kappa shape index (κ3) is 5.50. The van der Waals surface area contributed by atoms with Crippen LogP contribution in [0.15, 0.2) is 0 Å². The molecule has 3 nitrogen and oxygen atoms in total. The monoisotopic (exact) mass is 216 g/mol. The van der Waals surface area contributed by atoms with Gasteiger partial charge in [0.2, 0.25) is 0 Å². The molecule has 1 atom stereocenters. The van der Waals surface area contributed by atoms with Gasteiger partial charge in [-0.05, 0) is 33.1 Å². The maximum absolute atomic E-state index is 5.70. The van der Waals surface area contributed by atoms with E-state index in [0.717, 1.165) is 39.1 Å². The van der Waals surface area contributed by atoms with Crippen molar-refractivity contribution in [1.82, 2.24) is 0 Å². The molecule has 3 heteroatoms. The number of hydrogen-bond acceptors (Lipinski definition) is 3. The highest BCUT2D eigenvalue weighted by Gasteiger charge is 2.31. The summed E-state index contributed by atoms with van der Waals surface area (Å²) in [5.41, 5.74) is 0. The third-order valence-electron chi connectivity index (χ3n) is 2.52. The highest BCUT2D eigenvalue weighted by Crippen LogP contribution is 2.24. The Morgan fingerprint density at radius 1 is 1.27 bits per heavy atom. The first-order valence-corrected chi connectivity index (χ1v) is 6.03. The number of unbranched alkanes of at least 4 members (excludes halogenated alkanes) is 1. The summed E-state index contributed by atoms with van der Waals surface area (Å²) in [7, 11) is 0. The summed E-state index contributed by atoms with van der Waals surface area (Å²) in [5.74, 6) is -0.381. The molecular formula is C12H24O3. The van der Waals surface area contributed by atoms with Gasteiger partial charge in [-0.2, -0.15) is 0 Å². The summed E-state index contributed by atoms with van der Waals surface area (Å²) in [6, 6.07) is 0. The molecule has 0 bridgehead atoms. The fraction of sp³-hybridized carbons (Fsp3) is 1.00. The standard InChI is InChI=1S/C12H24O3/c1-4-5-8-13-9-6-7-11-10-14-12(2,3)15-11/h11H,4-10H2,1-3H3/t11-/m0/s1. The Labute approximate surface area is 93.1 Å². The third-order valence-corrected chi connectivity index (χ3v) is 2.52. The van der Waals surface area contributed by atoms with E-state index >= 15 is 0 Å². The molecule has 0 amide bonds. The van der Waals surface area contributed by atoms with E-state index in [-0.39, 0.29) is 11.9 Å². The van der Waals surface area contributed by atoms with Gasteiger partial charge in [-0.15, -0.1) is 0 Å². The zero-order chi connectivity index (χ0) is 11.1. The molecule has 1 rings (SSSR count). The minimum atomic E-state index is -0.381. The van der Waals surface area contributed by atoms with Gasteiger partial charge in [0.05, 0.1) is 12.7 Å². The van der Waals surface area contributed by atoms with E-state index in [2.05, 4.69) is 6.92 Å². The van der Waals surface area contributed by atoms with Crippen molar-refractivity contribution in [1.29, 1.82) is 0 Å². The van der Waals surface area contributed by atoms with Crippen LogP contribution in [-0.4, -0.2) is 31.7 Å². The summed E-state index contributed by atoms with van der Waals surface area (Å²) >= 11 is 0. The van der Waals surface area contributed by atoms with Crippen molar-refractivity contribution < 1.29 is 14.2 Å². The predicted molar refractivity (Wildman–Crippen MR) is 59.9 cm³/mol. The average molecular weight is 216 g/mol. The number of hydrogen-bond donors (Lipinski definition) is 0. The molecule has 1 aliphatic rings. The van der Waals surface area contributed by atoms with Crippen LogP contribution in [-0.2, 0) is 14.2 Å². The van der Waals surface area contributed by atoms with Crippen molar-refractivity contribution in [2.75, 3.05) is 19.8 Å². The topological polar surface area (TPSA) is 27.7 Å². The molecule has 1 heterocycles. The van der Waals surface area contributed by atoms with Crippen LogP contribution >= 0.6 is 0 Å². The van der Waals surface area contributed by atoms with Crippen molar-refractivity contribution in [3.05, 3.63) is 0 Å². The first kappa shape index (κ1) is 12.9. The molecular weight excluding hydrogens is 192 g/mol. The van der Waals surface area contributed by atoms with E-state index in [9.17, 15) is 0 Å². The lowest BCUT2D eigenvalue weighted by Gasteiger charge is -2.16. The van der Waals surface area contributed by atoms with Crippen LogP contribution in [0.1, 0.15) is 46.5 Å². The molecule has 0 radical (unpaired) electrons. The first-order valence-electron chi connectivity index (χ1n) is 6.03. The van der Waals surface area contributed by atoms with Crippen molar-refractivity contribution in [2.45, 2.75) is 58.3 Å². The highest BCUT2D eigenvalue weighted by atomic mass is 16.7. The fourth-order valence-corrected chi connectivity index (χ4v) is 1.67. The van der Waals surface area contributed by atoms with Gasteiger partial charge >= 0.3 is 0 Å². The van der Waals surface area contributed by atoms with Crippen molar-refractivity contribution in [2.24, 2.45) is 0 Å². The largest absolute Gasteiger partial charge is 0.381 e. The Kier molecular flexibility index (Phi) is 5.58. The van der Waals surface area contributed by atoms with E-state index in [1.165, 1.54) is 6.42 Å². The SMILES string of the molecule is CCCCOCCC[C@H]1COC(C)(C)O1. The lowest BCUT2D eigenvalue weighted by atomic mass is 10.2.